The third kappa shape index (κ3) is 3.14. The highest BCUT2D eigenvalue weighted by atomic mass is 15.3. The molecule has 1 saturated heterocycles. The van der Waals surface area contributed by atoms with E-state index in [0.29, 0.717) is 0 Å². The van der Waals surface area contributed by atoms with Gasteiger partial charge < -0.3 is 9.47 Å². The summed E-state index contributed by atoms with van der Waals surface area (Å²) in [4.78, 5) is 10.1. The average molecular weight is 371 g/mol. The molecular formula is C24H26N4. The number of aromatic nitrogens is 2. The molecular weight excluding hydrogens is 344 g/mol. The molecule has 4 aromatic rings. The third-order valence-electron chi connectivity index (χ3n) is 6.01. The van der Waals surface area contributed by atoms with Crippen LogP contribution in [0.3, 0.4) is 0 Å². The molecule has 3 aromatic carbocycles. The molecule has 4 heteroatoms. The summed E-state index contributed by atoms with van der Waals surface area (Å²) < 4.78 is 2.27. The molecule has 5 rings (SSSR count). The van der Waals surface area contributed by atoms with Gasteiger partial charge in [-0.2, -0.15) is 0 Å². The van der Waals surface area contributed by atoms with Crippen LogP contribution in [0.5, 0.6) is 0 Å². The van der Waals surface area contributed by atoms with Crippen molar-refractivity contribution < 1.29 is 0 Å². The predicted octanol–water partition coefficient (Wildman–Crippen LogP) is 4.09. The molecule has 0 N–H and O–H groups in total. The normalized spacial score (nSPS) is 15.5. The molecule has 0 spiro atoms. The average Bonchev–Trinajstić information content (AvgIpc) is 3.09. The topological polar surface area (TPSA) is 24.3 Å². The van der Waals surface area contributed by atoms with E-state index in [1.165, 1.54) is 27.8 Å². The van der Waals surface area contributed by atoms with Gasteiger partial charge >= 0.3 is 0 Å². The van der Waals surface area contributed by atoms with Gasteiger partial charge in [-0.05, 0) is 23.6 Å². The summed E-state index contributed by atoms with van der Waals surface area (Å²) in [6.07, 6.45) is 0.991. The summed E-state index contributed by atoms with van der Waals surface area (Å²) >= 11 is 0. The second-order valence-electron chi connectivity index (χ2n) is 7.66. The molecule has 0 radical (unpaired) electrons. The van der Waals surface area contributed by atoms with Gasteiger partial charge in [0.25, 0.3) is 0 Å². The Balaban J connectivity index is 1.28. The maximum Gasteiger partial charge on any atom is 0.110 e. The molecule has 4 nitrogen and oxygen atoms in total. The zero-order chi connectivity index (χ0) is 18.9. The molecule has 142 valence electrons. The summed E-state index contributed by atoms with van der Waals surface area (Å²) in [7, 11) is 2.15. The Bertz CT molecular complexity index is 1090. The fourth-order valence-corrected chi connectivity index (χ4v) is 4.33. The van der Waals surface area contributed by atoms with Crippen molar-refractivity contribution in [2.45, 2.75) is 6.42 Å². The molecule has 0 bridgehead atoms. The van der Waals surface area contributed by atoms with Crippen molar-refractivity contribution in [1.82, 2.24) is 14.5 Å². The second kappa shape index (κ2) is 7.28. The van der Waals surface area contributed by atoms with Crippen molar-refractivity contribution >= 4 is 27.5 Å². The molecule has 1 aliphatic rings. The second-order valence-corrected chi connectivity index (χ2v) is 7.66. The number of piperazine rings is 1. The summed E-state index contributed by atoms with van der Waals surface area (Å²) in [5.41, 5.74) is 3.69. The molecule has 0 amide bonds. The van der Waals surface area contributed by atoms with Gasteiger partial charge in [0.15, 0.2) is 0 Å². The number of imidazole rings is 1. The van der Waals surface area contributed by atoms with Gasteiger partial charge in [0, 0.05) is 57.3 Å². The van der Waals surface area contributed by atoms with Crippen LogP contribution in [0.2, 0.25) is 0 Å². The van der Waals surface area contributed by atoms with Crippen molar-refractivity contribution in [1.29, 1.82) is 0 Å². The highest BCUT2D eigenvalue weighted by Gasteiger charge is 2.18. The molecule has 1 aliphatic heterocycles. The van der Waals surface area contributed by atoms with E-state index in [2.05, 4.69) is 88.1 Å². The largest absolute Gasteiger partial charge is 0.369 e. The van der Waals surface area contributed by atoms with Gasteiger partial charge in [-0.1, -0.05) is 48.5 Å². The summed E-state index contributed by atoms with van der Waals surface area (Å²) in [6.45, 7) is 5.48. The maximum atomic E-state index is 5.01. The van der Waals surface area contributed by atoms with Crippen LogP contribution in [0, 0.1) is 0 Å². The van der Waals surface area contributed by atoms with Crippen LogP contribution in [0.4, 0.5) is 5.69 Å². The Morgan fingerprint density at radius 3 is 2.39 bits per heavy atom. The van der Waals surface area contributed by atoms with Crippen LogP contribution in [-0.2, 0) is 13.5 Å². The smallest absolute Gasteiger partial charge is 0.110 e. The van der Waals surface area contributed by atoms with E-state index in [9.17, 15) is 0 Å². The predicted molar refractivity (Wildman–Crippen MR) is 117 cm³/mol. The van der Waals surface area contributed by atoms with Gasteiger partial charge in [-0.3, -0.25) is 4.90 Å². The quantitative estimate of drug-likeness (QED) is 0.541. The SMILES string of the molecule is Cn1c(CCN2CCN(c3ccccc3)CC2)nc2c3ccccc3ccc21. The first-order valence-electron chi connectivity index (χ1n) is 10.1. The van der Waals surface area contributed by atoms with E-state index in [1.807, 2.05) is 0 Å². The van der Waals surface area contributed by atoms with E-state index in [1.54, 1.807) is 0 Å². The number of anilines is 1. The Hall–Kier alpha value is -2.85. The highest BCUT2D eigenvalue weighted by Crippen LogP contribution is 2.25. The Kier molecular flexibility index (Phi) is 4.49. The summed E-state index contributed by atoms with van der Waals surface area (Å²) in [5.74, 6) is 1.18. The monoisotopic (exact) mass is 370 g/mol. The molecule has 0 atom stereocenters. The van der Waals surface area contributed by atoms with Gasteiger partial charge in [0.05, 0.1) is 11.0 Å². The van der Waals surface area contributed by atoms with Crippen LogP contribution >= 0.6 is 0 Å². The van der Waals surface area contributed by atoms with E-state index in [0.717, 1.165) is 44.7 Å². The van der Waals surface area contributed by atoms with Crippen molar-refractivity contribution in [3.05, 3.63) is 72.6 Å². The van der Waals surface area contributed by atoms with Crippen LogP contribution < -0.4 is 4.90 Å². The lowest BCUT2D eigenvalue weighted by atomic mass is 10.1. The number of nitrogens with zero attached hydrogens (tertiary/aromatic N) is 4. The van der Waals surface area contributed by atoms with Gasteiger partial charge in [0.1, 0.15) is 5.82 Å². The molecule has 2 heterocycles. The first-order valence-corrected chi connectivity index (χ1v) is 10.1. The maximum absolute atomic E-state index is 5.01. The van der Waals surface area contributed by atoms with Crippen molar-refractivity contribution in [3.63, 3.8) is 0 Å². The number of benzene rings is 3. The van der Waals surface area contributed by atoms with Crippen LogP contribution in [-0.4, -0.2) is 47.2 Å². The molecule has 0 saturated carbocycles. The Morgan fingerprint density at radius 2 is 1.57 bits per heavy atom. The van der Waals surface area contributed by atoms with E-state index in [4.69, 9.17) is 4.98 Å². The Labute approximate surface area is 166 Å². The van der Waals surface area contributed by atoms with Gasteiger partial charge in [-0.15, -0.1) is 0 Å². The lowest BCUT2D eigenvalue weighted by Crippen LogP contribution is -2.47. The molecule has 28 heavy (non-hydrogen) atoms. The van der Waals surface area contributed by atoms with Crippen LogP contribution in [0.25, 0.3) is 21.8 Å². The lowest BCUT2D eigenvalue weighted by molar-refractivity contribution is 0.259. The van der Waals surface area contributed by atoms with Crippen LogP contribution in [0.1, 0.15) is 5.82 Å². The zero-order valence-corrected chi connectivity index (χ0v) is 16.4. The number of para-hydroxylation sites is 1. The van der Waals surface area contributed by atoms with Crippen LogP contribution in [0.15, 0.2) is 66.7 Å². The number of hydrogen-bond acceptors (Lipinski definition) is 3. The first kappa shape index (κ1) is 17.3. The molecule has 0 aliphatic carbocycles. The van der Waals surface area contributed by atoms with Gasteiger partial charge in [0.2, 0.25) is 0 Å². The van der Waals surface area contributed by atoms with Crippen molar-refractivity contribution in [2.75, 3.05) is 37.6 Å². The minimum Gasteiger partial charge on any atom is -0.369 e. The zero-order valence-electron chi connectivity index (χ0n) is 16.4. The molecule has 1 fully saturated rings. The fourth-order valence-electron chi connectivity index (χ4n) is 4.33. The summed E-state index contributed by atoms with van der Waals surface area (Å²) in [6, 6.07) is 23.7. The number of hydrogen-bond donors (Lipinski definition) is 0. The van der Waals surface area contributed by atoms with E-state index < -0.39 is 0 Å². The molecule has 1 aromatic heterocycles. The minimum absolute atomic E-state index is 0.991. The van der Waals surface area contributed by atoms with E-state index >= 15 is 0 Å². The van der Waals surface area contributed by atoms with Crippen molar-refractivity contribution in [3.8, 4) is 0 Å². The first-order chi connectivity index (χ1) is 13.8. The van der Waals surface area contributed by atoms with Crippen molar-refractivity contribution in [2.24, 2.45) is 7.05 Å². The lowest BCUT2D eigenvalue weighted by Gasteiger charge is -2.36. The minimum atomic E-state index is 0.991. The number of rotatable bonds is 4. The number of fused-ring (bicyclic) bond motifs is 3. The molecule has 0 unspecified atom stereocenters. The van der Waals surface area contributed by atoms with E-state index in [-0.39, 0.29) is 0 Å². The highest BCUT2D eigenvalue weighted by molar-refractivity contribution is 6.04. The fraction of sp³-hybridized carbons (Fsp3) is 0.292. The summed E-state index contributed by atoms with van der Waals surface area (Å²) in [5, 5.41) is 2.51. The standard InChI is InChI=1S/C24H26N4/c1-26-22-12-11-19-7-5-6-10-21(19)24(22)25-23(26)13-14-27-15-17-28(18-16-27)20-8-3-2-4-9-20/h2-12H,13-18H2,1H3. The van der Waals surface area contributed by atoms with Gasteiger partial charge in [-0.25, -0.2) is 4.98 Å². The Morgan fingerprint density at radius 1 is 0.821 bits per heavy atom. The number of aryl methyl sites for hydroxylation is 1. The third-order valence-corrected chi connectivity index (χ3v) is 6.01.